The van der Waals surface area contributed by atoms with Gasteiger partial charge in [0.1, 0.15) is 0 Å². The van der Waals surface area contributed by atoms with Crippen LogP contribution in [0, 0.1) is 0 Å². The van der Waals surface area contributed by atoms with Gasteiger partial charge in [0, 0.05) is 13.1 Å². The smallest absolute Gasteiger partial charge is 0.257 e. The van der Waals surface area contributed by atoms with Crippen LogP contribution in [0.4, 0.5) is 0 Å². The van der Waals surface area contributed by atoms with E-state index in [0.717, 1.165) is 10.6 Å². The first-order valence-corrected chi connectivity index (χ1v) is 3.24. The molecule has 0 atom stereocenters. The fraction of sp³-hybridized carbons (Fsp3) is 0.286. The Morgan fingerprint density at radius 3 is 2.58 bits per heavy atom. The van der Waals surface area contributed by atoms with E-state index in [1.807, 2.05) is 0 Å². The van der Waals surface area contributed by atoms with Crippen molar-refractivity contribution in [3.63, 3.8) is 0 Å². The lowest BCUT2D eigenvalue weighted by Gasteiger charge is -2.06. The molecule has 1 heterocycles. The maximum Gasteiger partial charge on any atom is 0.257 e. The van der Waals surface area contributed by atoms with Gasteiger partial charge in [0.05, 0.1) is 7.11 Å². The molecule has 0 aromatic carbocycles. The predicted molar refractivity (Wildman–Crippen MR) is 41.6 cm³/mol. The number of nitrogens with zero attached hydrogens (tertiary/aromatic N) is 1. The molecule has 0 spiro atoms. The molecule has 0 amide bonds. The molecule has 5 heteroatoms. The predicted octanol–water partition coefficient (Wildman–Crippen LogP) is -0.195. The highest BCUT2D eigenvalue weighted by Gasteiger charge is 2.11. The van der Waals surface area contributed by atoms with Crippen molar-refractivity contribution in [1.29, 1.82) is 0 Å². The molecule has 0 radical (unpaired) electrons. The monoisotopic (exact) mass is 171 g/mol. The van der Waals surface area contributed by atoms with Crippen molar-refractivity contribution in [2.24, 2.45) is 7.05 Å². The second-order valence-corrected chi connectivity index (χ2v) is 2.28. The van der Waals surface area contributed by atoms with Crippen molar-refractivity contribution in [3.8, 4) is 17.4 Å². The maximum atomic E-state index is 11.0. The van der Waals surface area contributed by atoms with E-state index >= 15 is 0 Å². The summed E-state index contributed by atoms with van der Waals surface area (Å²) in [5.41, 5.74) is -0.442. The zero-order chi connectivity index (χ0) is 9.30. The molecular formula is C7H9NO4. The topological polar surface area (TPSA) is 71.7 Å². The second kappa shape index (κ2) is 2.77. The van der Waals surface area contributed by atoms with Crippen molar-refractivity contribution in [1.82, 2.24) is 4.57 Å². The SMILES string of the molecule is COc1cc(=O)n(C)c(O)c1O. The number of aromatic nitrogens is 1. The summed E-state index contributed by atoms with van der Waals surface area (Å²) >= 11 is 0. The second-order valence-electron chi connectivity index (χ2n) is 2.28. The van der Waals surface area contributed by atoms with E-state index in [-0.39, 0.29) is 5.75 Å². The van der Waals surface area contributed by atoms with Crippen molar-refractivity contribution in [2.75, 3.05) is 7.11 Å². The van der Waals surface area contributed by atoms with Gasteiger partial charge in [-0.15, -0.1) is 0 Å². The van der Waals surface area contributed by atoms with Gasteiger partial charge in [0.25, 0.3) is 5.56 Å². The van der Waals surface area contributed by atoms with Gasteiger partial charge >= 0.3 is 0 Å². The van der Waals surface area contributed by atoms with Crippen LogP contribution in [0.1, 0.15) is 0 Å². The first-order valence-electron chi connectivity index (χ1n) is 3.24. The van der Waals surface area contributed by atoms with Gasteiger partial charge in [0.15, 0.2) is 5.75 Å². The van der Waals surface area contributed by atoms with Crippen LogP contribution in [0.15, 0.2) is 10.9 Å². The van der Waals surface area contributed by atoms with Gasteiger partial charge in [0.2, 0.25) is 11.6 Å². The first kappa shape index (κ1) is 8.45. The molecule has 0 bridgehead atoms. The van der Waals surface area contributed by atoms with Crippen LogP contribution in [0.3, 0.4) is 0 Å². The number of ether oxygens (including phenoxy) is 1. The van der Waals surface area contributed by atoms with Gasteiger partial charge in [-0.1, -0.05) is 0 Å². The summed E-state index contributed by atoms with van der Waals surface area (Å²) in [4.78, 5) is 11.0. The third kappa shape index (κ3) is 1.09. The number of hydrogen-bond acceptors (Lipinski definition) is 4. The normalized spacial score (nSPS) is 9.83. The highest BCUT2D eigenvalue weighted by atomic mass is 16.5. The third-order valence-electron chi connectivity index (χ3n) is 1.57. The molecule has 1 aromatic heterocycles. The summed E-state index contributed by atoms with van der Waals surface area (Å²) < 4.78 is 5.55. The van der Waals surface area contributed by atoms with Crippen LogP contribution in [0.5, 0.6) is 17.4 Å². The molecule has 0 saturated carbocycles. The minimum absolute atomic E-state index is 0.0319. The fourth-order valence-corrected chi connectivity index (χ4v) is 0.806. The minimum Gasteiger partial charge on any atom is -0.501 e. The maximum absolute atomic E-state index is 11.0. The van der Waals surface area contributed by atoms with Gasteiger partial charge in [-0.2, -0.15) is 0 Å². The van der Waals surface area contributed by atoms with E-state index in [1.54, 1.807) is 0 Å². The Labute approximate surface area is 68.5 Å². The molecular weight excluding hydrogens is 162 g/mol. The molecule has 5 nitrogen and oxygen atoms in total. The summed E-state index contributed by atoms with van der Waals surface area (Å²) in [6.07, 6.45) is 0. The van der Waals surface area contributed by atoms with Crippen molar-refractivity contribution in [2.45, 2.75) is 0 Å². The third-order valence-corrected chi connectivity index (χ3v) is 1.57. The average Bonchev–Trinajstić information content (AvgIpc) is 2.08. The van der Waals surface area contributed by atoms with Crippen LogP contribution in [-0.2, 0) is 7.05 Å². The van der Waals surface area contributed by atoms with Gasteiger partial charge in [-0.25, -0.2) is 0 Å². The summed E-state index contributed by atoms with van der Waals surface area (Å²) in [6.45, 7) is 0. The standard InChI is InChI=1S/C7H9NO4/c1-8-5(9)3-4(12-2)6(10)7(8)11/h3,10-11H,1-2H3. The number of rotatable bonds is 1. The minimum atomic E-state index is -0.501. The van der Waals surface area contributed by atoms with Crippen LogP contribution < -0.4 is 10.3 Å². The Balaban J connectivity index is 3.50. The molecule has 0 fully saturated rings. The van der Waals surface area contributed by atoms with Crippen LogP contribution in [-0.4, -0.2) is 21.9 Å². The van der Waals surface area contributed by atoms with Crippen LogP contribution >= 0.6 is 0 Å². The number of aromatic hydroxyl groups is 2. The van der Waals surface area contributed by atoms with E-state index in [0.29, 0.717) is 0 Å². The lowest BCUT2D eigenvalue weighted by Crippen LogP contribution is -2.15. The average molecular weight is 171 g/mol. The molecule has 1 aromatic rings. The highest BCUT2D eigenvalue weighted by Crippen LogP contribution is 2.31. The Kier molecular flexibility index (Phi) is 1.95. The molecule has 0 saturated heterocycles. The molecule has 0 aliphatic heterocycles. The van der Waals surface area contributed by atoms with Crippen molar-refractivity contribution < 1.29 is 14.9 Å². The molecule has 2 N–H and O–H groups in total. The summed E-state index contributed by atoms with van der Waals surface area (Å²) in [5.74, 6) is -0.963. The summed E-state index contributed by atoms with van der Waals surface area (Å²) in [6, 6.07) is 1.09. The molecule has 12 heavy (non-hydrogen) atoms. The molecule has 0 aliphatic carbocycles. The largest absolute Gasteiger partial charge is 0.501 e. The van der Waals surface area contributed by atoms with E-state index < -0.39 is 17.2 Å². The summed E-state index contributed by atoms with van der Waals surface area (Å²) in [7, 11) is 2.64. The Bertz CT molecular complexity index is 355. The Morgan fingerprint density at radius 1 is 1.50 bits per heavy atom. The van der Waals surface area contributed by atoms with E-state index in [9.17, 15) is 4.79 Å². The molecule has 1 rings (SSSR count). The van der Waals surface area contributed by atoms with E-state index in [2.05, 4.69) is 4.74 Å². The highest BCUT2D eigenvalue weighted by molar-refractivity contribution is 5.44. The lowest BCUT2D eigenvalue weighted by atomic mass is 10.4. The zero-order valence-corrected chi connectivity index (χ0v) is 6.74. The Morgan fingerprint density at radius 2 is 2.08 bits per heavy atom. The zero-order valence-electron chi connectivity index (χ0n) is 6.74. The quantitative estimate of drug-likeness (QED) is 0.614. The number of pyridine rings is 1. The fourth-order valence-electron chi connectivity index (χ4n) is 0.806. The number of hydrogen-bond donors (Lipinski definition) is 2. The van der Waals surface area contributed by atoms with Gasteiger partial charge < -0.3 is 14.9 Å². The first-order chi connectivity index (χ1) is 5.57. The lowest BCUT2D eigenvalue weighted by molar-refractivity contribution is 0.331. The number of methoxy groups -OCH3 is 1. The van der Waals surface area contributed by atoms with Crippen molar-refractivity contribution in [3.05, 3.63) is 16.4 Å². The van der Waals surface area contributed by atoms with E-state index in [4.69, 9.17) is 10.2 Å². The molecule has 0 aliphatic rings. The molecule has 0 unspecified atom stereocenters. The van der Waals surface area contributed by atoms with Gasteiger partial charge in [-0.3, -0.25) is 9.36 Å². The Hall–Kier alpha value is -1.65. The van der Waals surface area contributed by atoms with Crippen LogP contribution in [0.25, 0.3) is 0 Å². The van der Waals surface area contributed by atoms with Crippen LogP contribution in [0.2, 0.25) is 0 Å². The van der Waals surface area contributed by atoms with E-state index in [1.165, 1.54) is 14.2 Å². The van der Waals surface area contributed by atoms with Gasteiger partial charge in [-0.05, 0) is 0 Å². The molecule has 66 valence electrons. The summed E-state index contributed by atoms with van der Waals surface area (Å²) in [5, 5.41) is 18.3. The van der Waals surface area contributed by atoms with Crippen molar-refractivity contribution >= 4 is 0 Å².